The lowest BCUT2D eigenvalue weighted by molar-refractivity contribution is 0.209. The Morgan fingerprint density at radius 3 is 0.517 bits per heavy atom. The van der Waals surface area contributed by atoms with Crippen molar-refractivity contribution in [3.8, 4) is 0 Å². The van der Waals surface area contributed by atoms with Crippen LogP contribution in [0.1, 0.15) is 46.9 Å². The number of hydrogen-bond acceptors (Lipinski definition) is 10. The quantitative estimate of drug-likeness (QED) is 0.136. The SMILES string of the molecule is CN1C=CN(C)C1c1ccc(N(c2ccc(C3N(C)C=CN3C)cc2)c2ccc(N(c3ccc(C4N(C)C=CN4C)cc3)c3ccc(C4N(C)C=CN4C)cc3)cc2)cc1. The zero-order valence-electron chi connectivity index (χ0n) is 35.9. The first-order valence-electron chi connectivity index (χ1n) is 20.6. The highest BCUT2D eigenvalue weighted by atomic mass is 15.4. The lowest BCUT2D eigenvalue weighted by Crippen LogP contribution is -2.25. The summed E-state index contributed by atoms with van der Waals surface area (Å²) in [6.07, 6.45) is 17.7. The highest BCUT2D eigenvalue weighted by Crippen LogP contribution is 2.42. The van der Waals surface area contributed by atoms with Crippen LogP contribution >= 0.6 is 0 Å². The molecule has 5 aromatic carbocycles. The smallest absolute Gasteiger partial charge is 0.127 e. The van der Waals surface area contributed by atoms with E-state index in [1.807, 2.05) is 0 Å². The number of rotatable bonds is 10. The molecule has 0 radical (unpaired) electrons. The monoisotopic (exact) mass is 796 g/mol. The number of anilines is 6. The van der Waals surface area contributed by atoms with Crippen LogP contribution in [-0.4, -0.2) is 95.6 Å². The van der Waals surface area contributed by atoms with Gasteiger partial charge in [-0.1, -0.05) is 48.5 Å². The van der Waals surface area contributed by atoms with Gasteiger partial charge in [-0.15, -0.1) is 0 Å². The first-order chi connectivity index (χ1) is 29.0. The van der Waals surface area contributed by atoms with Gasteiger partial charge in [0.1, 0.15) is 24.7 Å². The number of hydrogen-bond donors (Lipinski definition) is 0. The van der Waals surface area contributed by atoms with Crippen molar-refractivity contribution in [1.29, 1.82) is 0 Å². The minimum Gasteiger partial charge on any atom is -0.355 e. The summed E-state index contributed by atoms with van der Waals surface area (Å²) < 4.78 is 0. The maximum atomic E-state index is 2.36. The third kappa shape index (κ3) is 7.01. The van der Waals surface area contributed by atoms with E-state index in [0.29, 0.717) is 0 Å². The third-order valence-electron chi connectivity index (χ3n) is 12.4. The molecule has 5 aromatic rings. The molecule has 0 aromatic heterocycles. The molecular formula is C50H56N10. The van der Waals surface area contributed by atoms with E-state index in [4.69, 9.17) is 0 Å². The van der Waals surface area contributed by atoms with Crippen LogP contribution in [0.25, 0.3) is 0 Å². The summed E-state index contributed by atoms with van der Waals surface area (Å²) in [4.78, 5) is 22.7. The Hall–Kier alpha value is -6.94. The van der Waals surface area contributed by atoms with Crippen LogP contribution in [0.3, 0.4) is 0 Å². The molecule has 0 bridgehead atoms. The zero-order chi connectivity index (χ0) is 41.7. The van der Waals surface area contributed by atoms with Gasteiger partial charge in [0.05, 0.1) is 0 Å². The molecule has 0 saturated heterocycles. The van der Waals surface area contributed by atoms with Gasteiger partial charge in [0, 0.05) is 140 Å². The Morgan fingerprint density at radius 2 is 0.367 bits per heavy atom. The molecule has 4 aliphatic heterocycles. The second-order valence-corrected chi connectivity index (χ2v) is 16.6. The molecule has 0 N–H and O–H groups in total. The van der Waals surface area contributed by atoms with Crippen molar-refractivity contribution >= 4 is 34.1 Å². The fraction of sp³-hybridized carbons (Fsp3) is 0.240. The highest BCUT2D eigenvalue weighted by Gasteiger charge is 2.27. The minimum atomic E-state index is 0.169. The van der Waals surface area contributed by atoms with Crippen LogP contribution < -0.4 is 9.80 Å². The molecule has 60 heavy (non-hydrogen) atoms. The molecule has 0 amide bonds. The Labute approximate surface area is 356 Å². The lowest BCUT2D eigenvalue weighted by Gasteiger charge is -2.31. The Morgan fingerprint density at radius 1 is 0.233 bits per heavy atom. The van der Waals surface area contributed by atoms with Crippen molar-refractivity contribution in [3.05, 3.63) is 193 Å². The highest BCUT2D eigenvalue weighted by molar-refractivity contribution is 5.81. The maximum absolute atomic E-state index is 2.36. The predicted octanol–water partition coefficient (Wildman–Crippen LogP) is 10.0. The molecule has 0 spiro atoms. The van der Waals surface area contributed by atoms with Gasteiger partial charge in [-0.05, 0) is 95.1 Å². The van der Waals surface area contributed by atoms with Crippen LogP contribution in [-0.2, 0) is 0 Å². The molecular weight excluding hydrogens is 741 g/mol. The topological polar surface area (TPSA) is 32.4 Å². The van der Waals surface area contributed by atoms with Crippen LogP contribution in [0.5, 0.6) is 0 Å². The summed E-state index contributed by atoms with van der Waals surface area (Å²) in [5.41, 5.74) is 11.6. The van der Waals surface area contributed by atoms with Gasteiger partial charge in [0.25, 0.3) is 0 Å². The largest absolute Gasteiger partial charge is 0.355 e. The van der Waals surface area contributed by atoms with Gasteiger partial charge >= 0.3 is 0 Å². The van der Waals surface area contributed by atoms with Gasteiger partial charge < -0.3 is 49.0 Å². The third-order valence-corrected chi connectivity index (χ3v) is 12.4. The molecule has 0 fully saturated rings. The average molecular weight is 797 g/mol. The molecule has 10 heteroatoms. The van der Waals surface area contributed by atoms with Crippen molar-refractivity contribution < 1.29 is 0 Å². The van der Waals surface area contributed by atoms with Crippen LogP contribution in [0, 0.1) is 0 Å². The molecule has 9 rings (SSSR count). The Bertz CT molecular complexity index is 2020. The van der Waals surface area contributed by atoms with E-state index >= 15 is 0 Å². The van der Waals surface area contributed by atoms with Gasteiger partial charge in [0.15, 0.2) is 0 Å². The molecule has 306 valence electrons. The molecule has 10 nitrogen and oxygen atoms in total. The van der Waals surface area contributed by atoms with E-state index in [9.17, 15) is 0 Å². The van der Waals surface area contributed by atoms with E-state index in [1.54, 1.807) is 0 Å². The molecule has 4 heterocycles. The molecule has 4 aliphatic rings. The summed E-state index contributed by atoms with van der Waals surface area (Å²) in [7, 11) is 17.0. The maximum Gasteiger partial charge on any atom is 0.127 e. The van der Waals surface area contributed by atoms with Crippen LogP contribution in [0.2, 0.25) is 0 Å². The van der Waals surface area contributed by atoms with Gasteiger partial charge in [-0.25, -0.2) is 0 Å². The van der Waals surface area contributed by atoms with Crippen molar-refractivity contribution in [2.24, 2.45) is 0 Å². The summed E-state index contributed by atoms with van der Waals surface area (Å²) in [6, 6.07) is 45.0. The molecule has 0 saturated carbocycles. The van der Waals surface area contributed by atoms with Crippen molar-refractivity contribution in [1.82, 2.24) is 39.2 Å². The molecule has 0 aliphatic carbocycles. The van der Waals surface area contributed by atoms with Crippen molar-refractivity contribution in [3.63, 3.8) is 0 Å². The second-order valence-electron chi connectivity index (χ2n) is 16.6. The standard InChI is InChI=1S/C50H56N10/c1-51-29-30-52(2)47(51)37-9-17-41(18-10-37)59(42-19-11-38(12-20-42)48-53(3)31-32-54(48)4)45-25-27-46(28-26-45)60(43-21-13-39(14-22-43)49-55(5)33-34-56(49)6)44-23-15-40(16-24-44)50-57(7)35-36-58(50)8/h9-36,47-50H,1-8H3. The van der Waals surface area contributed by atoms with Crippen molar-refractivity contribution in [2.75, 3.05) is 66.2 Å². The Balaban J connectivity index is 1.08. The molecule has 0 unspecified atom stereocenters. The molecule has 0 atom stereocenters. The number of nitrogens with zero attached hydrogens (tertiary/aromatic N) is 10. The van der Waals surface area contributed by atoms with Gasteiger partial charge in [-0.3, -0.25) is 0 Å². The summed E-state index contributed by atoms with van der Waals surface area (Å²) in [6.45, 7) is 0. The first-order valence-corrected chi connectivity index (χ1v) is 20.6. The average Bonchev–Trinajstić information content (AvgIpc) is 4.00. The predicted molar refractivity (Wildman–Crippen MR) is 245 cm³/mol. The van der Waals surface area contributed by atoms with E-state index in [0.717, 1.165) is 34.1 Å². The van der Waals surface area contributed by atoms with Gasteiger partial charge in [-0.2, -0.15) is 0 Å². The normalized spacial score (nSPS) is 17.2. The minimum absolute atomic E-state index is 0.169. The number of benzene rings is 5. The second kappa shape index (κ2) is 15.7. The van der Waals surface area contributed by atoms with Crippen LogP contribution in [0.4, 0.5) is 34.1 Å². The fourth-order valence-corrected chi connectivity index (χ4v) is 9.35. The zero-order valence-corrected chi connectivity index (χ0v) is 35.9. The van der Waals surface area contributed by atoms with Crippen LogP contribution in [0.15, 0.2) is 171 Å². The van der Waals surface area contributed by atoms with E-state index in [-0.39, 0.29) is 24.7 Å². The first kappa shape index (κ1) is 38.6. The van der Waals surface area contributed by atoms with E-state index in [1.165, 1.54) is 22.3 Å². The summed E-state index contributed by atoms with van der Waals surface area (Å²) >= 11 is 0. The fourth-order valence-electron chi connectivity index (χ4n) is 9.35. The van der Waals surface area contributed by atoms with Gasteiger partial charge in [0.2, 0.25) is 0 Å². The Kier molecular flexibility index (Phi) is 10.1. The van der Waals surface area contributed by atoms with E-state index in [2.05, 4.69) is 276 Å². The van der Waals surface area contributed by atoms with E-state index < -0.39 is 0 Å². The van der Waals surface area contributed by atoms with Crippen molar-refractivity contribution in [2.45, 2.75) is 24.7 Å². The lowest BCUT2D eigenvalue weighted by atomic mass is 10.1. The summed E-state index contributed by atoms with van der Waals surface area (Å²) in [5.74, 6) is 0. The summed E-state index contributed by atoms with van der Waals surface area (Å²) in [5, 5.41) is 0.